The van der Waals surface area contributed by atoms with Crippen LogP contribution < -0.4 is 10.2 Å². The Bertz CT molecular complexity index is 978. The van der Waals surface area contributed by atoms with Crippen LogP contribution in [-0.4, -0.2) is 29.8 Å². The highest BCUT2D eigenvalue weighted by Crippen LogP contribution is 2.78. The summed E-state index contributed by atoms with van der Waals surface area (Å²) in [6, 6.07) is 18.5. The molecule has 4 atom stereocenters. The third-order valence-corrected chi connectivity index (χ3v) is 14.0. The molecular weight excluding hydrogens is 417 g/mol. The molecule has 2 aromatic carbocycles. The van der Waals surface area contributed by atoms with Gasteiger partial charge in [0.15, 0.2) is 0 Å². The standard InChI is InChI=1S/C28H35ClNP/c1-30(2)24-9-5-3-7-22(24)23-8-4-6-10-25(23)31(27-14-11-20(18-27)12-15-27)28-16-13-21(19-28)17-26(28)29/h3-10,20-21,26H,11-19H2,1-2H3. The molecule has 6 rings (SSSR count). The van der Waals surface area contributed by atoms with Crippen LogP contribution in [0.25, 0.3) is 11.1 Å². The highest BCUT2D eigenvalue weighted by atomic mass is 35.5. The van der Waals surface area contributed by atoms with Gasteiger partial charge in [0.1, 0.15) is 0 Å². The summed E-state index contributed by atoms with van der Waals surface area (Å²) < 4.78 is 0. The summed E-state index contributed by atoms with van der Waals surface area (Å²) in [5.74, 6) is 1.86. The fraction of sp³-hybridized carbons (Fsp3) is 0.571. The molecule has 4 unspecified atom stereocenters. The van der Waals surface area contributed by atoms with Gasteiger partial charge in [-0.25, -0.2) is 0 Å². The van der Waals surface area contributed by atoms with Gasteiger partial charge in [-0.3, -0.25) is 0 Å². The van der Waals surface area contributed by atoms with Crippen LogP contribution >= 0.6 is 19.5 Å². The molecular formula is C28H35ClNP. The van der Waals surface area contributed by atoms with Crippen molar-refractivity contribution in [1.29, 1.82) is 0 Å². The van der Waals surface area contributed by atoms with Gasteiger partial charge in [0.05, 0.1) is 0 Å². The molecule has 4 aliphatic rings. The van der Waals surface area contributed by atoms with Crippen molar-refractivity contribution in [3.05, 3.63) is 48.5 Å². The Labute approximate surface area is 194 Å². The molecule has 0 spiro atoms. The van der Waals surface area contributed by atoms with Gasteiger partial charge in [0, 0.05) is 35.9 Å². The maximum absolute atomic E-state index is 7.31. The number of hydrogen-bond donors (Lipinski definition) is 0. The lowest BCUT2D eigenvalue weighted by Gasteiger charge is -2.50. The number of alkyl halides is 1. The van der Waals surface area contributed by atoms with Crippen LogP contribution in [0.1, 0.15) is 57.8 Å². The molecule has 0 N–H and O–H groups in total. The van der Waals surface area contributed by atoms with Crippen molar-refractivity contribution in [3.8, 4) is 11.1 Å². The van der Waals surface area contributed by atoms with Crippen molar-refractivity contribution in [1.82, 2.24) is 0 Å². The summed E-state index contributed by atoms with van der Waals surface area (Å²) >= 11 is 7.31. The van der Waals surface area contributed by atoms with E-state index < -0.39 is 0 Å². The van der Waals surface area contributed by atoms with Crippen LogP contribution in [0.3, 0.4) is 0 Å². The number of anilines is 1. The number of para-hydroxylation sites is 1. The third kappa shape index (κ3) is 3.06. The second-order valence-electron chi connectivity index (χ2n) is 11.1. The van der Waals surface area contributed by atoms with E-state index in [2.05, 4.69) is 67.5 Å². The van der Waals surface area contributed by atoms with Crippen molar-refractivity contribution in [3.63, 3.8) is 0 Å². The molecule has 164 valence electrons. The van der Waals surface area contributed by atoms with Crippen LogP contribution in [0.2, 0.25) is 0 Å². The van der Waals surface area contributed by atoms with Crippen molar-refractivity contribution in [2.24, 2.45) is 11.8 Å². The summed E-state index contributed by atoms with van der Waals surface area (Å²) in [5.41, 5.74) is 4.21. The third-order valence-electron chi connectivity index (χ3n) is 9.20. The van der Waals surface area contributed by atoms with E-state index in [4.69, 9.17) is 11.6 Å². The Morgan fingerprint density at radius 3 is 2.13 bits per heavy atom. The minimum atomic E-state index is -0.309. The maximum atomic E-state index is 7.31. The van der Waals surface area contributed by atoms with Crippen molar-refractivity contribution in [2.45, 2.75) is 73.5 Å². The number of halogens is 1. The monoisotopic (exact) mass is 451 g/mol. The molecule has 2 aromatic rings. The Morgan fingerprint density at radius 1 is 0.839 bits per heavy atom. The van der Waals surface area contributed by atoms with Crippen molar-refractivity contribution >= 4 is 30.5 Å². The molecule has 4 saturated carbocycles. The van der Waals surface area contributed by atoms with Gasteiger partial charge in [0.25, 0.3) is 0 Å². The molecule has 0 heterocycles. The lowest BCUT2D eigenvalue weighted by Crippen LogP contribution is -2.43. The van der Waals surface area contributed by atoms with E-state index in [1.54, 1.807) is 5.30 Å². The summed E-state index contributed by atoms with van der Waals surface area (Å²) in [6.45, 7) is 0. The average molecular weight is 452 g/mol. The van der Waals surface area contributed by atoms with E-state index in [1.807, 2.05) is 0 Å². The average Bonchev–Trinajstić information content (AvgIpc) is 3.55. The van der Waals surface area contributed by atoms with E-state index in [0.29, 0.717) is 15.7 Å². The molecule has 0 amide bonds. The highest BCUT2D eigenvalue weighted by molar-refractivity contribution is 7.69. The highest BCUT2D eigenvalue weighted by Gasteiger charge is 2.63. The van der Waals surface area contributed by atoms with Crippen LogP contribution in [0.5, 0.6) is 0 Å². The smallest absolute Gasteiger partial charge is 0.0440 e. The molecule has 0 aromatic heterocycles. The van der Waals surface area contributed by atoms with E-state index in [1.165, 1.54) is 74.6 Å². The van der Waals surface area contributed by atoms with Gasteiger partial charge in [-0.05, 0) is 91.7 Å². The molecule has 0 radical (unpaired) electrons. The molecule has 0 saturated heterocycles. The van der Waals surface area contributed by atoms with Gasteiger partial charge in [-0.15, -0.1) is 11.6 Å². The molecule has 4 aliphatic carbocycles. The Hall–Kier alpha value is -1.04. The summed E-state index contributed by atoms with van der Waals surface area (Å²) in [7, 11) is 4.04. The minimum absolute atomic E-state index is 0.309. The van der Waals surface area contributed by atoms with Crippen LogP contribution in [-0.2, 0) is 0 Å². The summed E-state index contributed by atoms with van der Waals surface area (Å²) in [4.78, 5) is 2.28. The fourth-order valence-corrected chi connectivity index (χ4v) is 13.6. The fourth-order valence-electron chi connectivity index (χ4n) is 7.93. The molecule has 1 nitrogen and oxygen atoms in total. The number of fused-ring (bicyclic) bond motifs is 4. The SMILES string of the molecule is CN(C)c1ccccc1-c1ccccc1P(C12CCC(CC1)C2)C12CCC(CC1Cl)C2. The van der Waals surface area contributed by atoms with Gasteiger partial charge in [-0.2, -0.15) is 0 Å². The van der Waals surface area contributed by atoms with Crippen molar-refractivity contribution < 1.29 is 0 Å². The topological polar surface area (TPSA) is 3.24 Å². The Kier molecular flexibility index (Phi) is 4.97. The quantitative estimate of drug-likeness (QED) is 0.338. The molecule has 3 heteroatoms. The van der Waals surface area contributed by atoms with E-state index >= 15 is 0 Å². The second kappa shape index (κ2) is 7.50. The zero-order valence-corrected chi connectivity index (χ0v) is 20.6. The van der Waals surface area contributed by atoms with Crippen LogP contribution in [0, 0.1) is 11.8 Å². The molecule has 4 bridgehead atoms. The predicted octanol–water partition coefficient (Wildman–Crippen LogP) is 7.41. The Morgan fingerprint density at radius 2 is 1.52 bits per heavy atom. The summed E-state index contributed by atoms with van der Waals surface area (Å²) in [5, 5.41) is 2.95. The first kappa shape index (κ1) is 20.6. The normalized spacial score (nSPS) is 36.8. The van der Waals surface area contributed by atoms with Gasteiger partial charge in [-0.1, -0.05) is 50.4 Å². The Balaban J connectivity index is 1.56. The number of benzene rings is 2. The van der Waals surface area contributed by atoms with Gasteiger partial charge >= 0.3 is 0 Å². The van der Waals surface area contributed by atoms with Crippen molar-refractivity contribution in [2.75, 3.05) is 19.0 Å². The lowest BCUT2D eigenvalue weighted by atomic mass is 9.99. The van der Waals surface area contributed by atoms with Crippen LogP contribution in [0.4, 0.5) is 5.69 Å². The van der Waals surface area contributed by atoms with E-state index in [9.17, 15) is 0 Å². The first-order valence-electron chi connectivity index (χ1n) is 12.3. The molecule has 31 heavy (non-hydrogen) atoms. The second-order valence-corrected chi connectivity index (χ2v) is 14.6. The zero-order valence-electron chi connectivity index (χ0n) is 19.0. The molecule has 4 fully saturated rings. The first-order chi connectivity index (χ1) is 15.0. The van der Waals surface area contributed by atoms with E-state index in [0.717, 1.165) is 11.8 Å². The predicted molar refractivity (Wildman–Crippen MR) is 136 cm³/mol. The number of nitrogens with zero attached hydrogens (tertiary/aromatic N) is 1. The first-order valence-corrected chi connectivity index (χ1v) is 14.1. The number of rotatable bonds is 5. The molecule has 0 aliphatic heterocycles. The van der Waals surface area contributed by atoms with Crippen LogP contribution in [0.15, 0.2) is 48.5 Å². The van der Waals surface area contributed by atoms with Gasteiger partial charge in [0.2, 0.25) is 0 Å². The largest absolute Gasteiger partial charge is 0.377 e. The van der Waals surface area contributed by atoms with Gasteiger partial charge < -0.3 is 4.90 Å². The zero-order chi connectivity index (χ0) is 21.2. The number of hydrogen-bond acceptors (Lipinski definition) is 1. The lowest BCUT2D eigenvalue weighted by molar-refractivity contribution is 0.478. The minimum Gasteiger partial charge on any atom is -0.377 e. The summed E-state index contributed by atoms with van der Waals surface area (Å²) in [6.07, 6.45) is 12.7. The van der Waals surface area contributed by atoms with E-state index in [-0.39, 0.29) is 7.92 Å². The maximum Gasteiger partial charge on any atom is 0.0440 e.